The second-order valence-electron chi connectivity index (χ2n) is 3.88. The van der Waals surface area contributed by atoms with E-state index in [-0.39, 0.29) is 25.4 Å². The zero-order chi connectivity index (χ0) is 14.4. The highest BCUT2D eigenvalue weighted by molar-refractivity contribution is 5.76. The van der Waals surface area contributed by atoms with Crippen LogP contribution in [0.1, 0.15) is 6.42 Å². The summed E-state index contributed by atoms with van der Waals surface area (Å²) in [6.07, 6.45) is 1.33. The Morgan fingerprint density at radius 3 is 2.68 bits per heavy atom. The van der Waals surface area contributed by atoms with E-state index in [2.05, 4.69) is 4.74 Å². The molecule has 1 heterocycles. The minimum absolute atomic E-state index is 0.0826. The van der Waals surface area contributed by atoms with Crippen molar-refractivity contribution < 1.29 is 14.3 Å². The van der Waals surface area contributed by atoms with Crippen molar-refractivity contribution in [2.24, 2.45) is 0 Å². The molecule has 1 rings (SSSR count). The lowest BCUT2D eigenvalue weighted by atomic mass is 10.4. The van der Waals surface area contributed by atoms with Gasteiger partial charge in [-0.05, 0) is 0 Å². The molecule has 1 N–H and O–H groups in total. The van der Waals surface area contributed by atoms with Crippen LogP contribution in [0.3, 0.4) is 0 Å². The zero-order valence-corrected chi connectivity index (χ0v) is 10.7. The van der Waals surface area contributed by atoms with Gasteiger partial charge >= 0.3 is 11.7 Å². The Labute approximate surface area is 108 Å². The number of carbonyl (C=O) groups excluding carboxylic acids is 2. The van der Waals surface area contributed by atoms with Crippen molar-refractivity contribution in [2.75, 3.05) is 20.7 Å². The number of esters is 1. The number of nitrogens with one attached hydrogen (secondary N) is 1. The molecule has 8 heteroatoms. The van der Waals surface area contributed by atoms with E-state index in [0.29, 0.717) is 0 Å². The van der Waals surface area contributed by atoms with E-state index in [0.717, 1.165) is 10.6 Å². The van der Waals surface area contributed by atoms with E-state index in [1.807, 2.05) is 4.98 Å². The van der Waals surface area contributed by atoms with Crippen molar-refractivity contribution in [1.29, 1.82) is 0 Å². The van der Waals surface area contributed by atoms with Crippen molar-refractivity contribution >= 4 is 11.9 Å². The van der Waals surface area contributed by atoms with Gasteiger partial charge in [0.1, 0.15) is 6.54 Å². The molecule has 0 radical (unpaired) electrons. The molecule has 8 nitrogen and oxygen atoms in total. The van der Waals surface area contributed by atoms with Gasteiger partial charge in [-0.1, -0.05) is 0 Å². The van der Waals surface area contributed by atoms with Crippen LogP contribution in [0.2, 0.25) is 0 Å². The van der Waals surface area contributed by atoms with Gasteiger partial charge in [-0.2, -0.15) is 0 Å². The number of carbonyl (C=O) groups is 2. The molecule has 0 spiro atoms. The topological polar surface area (TPSA) is 101 Å². The number of likely N-dealkylation sites (N-methyl/N-ethyl adjacent to an activating group) is 1. The van der Waals surface area contributed by atoms with Gasteiger partial charge in [-0.25, -0.2) is 4.79 Å². The molecule has 0 fully saturated rings. The summed E-state index contributed by atoms with van der Waals surface area (Å²) in [5.41, 5.74) is -1.17. The third-order valence-corrected chi connectivity index (χ3v) is 2.51. The zero-order valence-electron chi connectivity index (χ0n) is 10.7. The van der Waals surface area contributed by atoms with Gasteiger partial charge in [0.15, 0.2) is 0 Å². The maximum atomic E-state index is 11.8. The van der Waals surface area contributed by atoms with E-state index in [4.69, 9.17) is 0 Å². The van der Waals surface area contributed by atoms with Crippen LogP contribution in [-0.2, 0) is 20.9 Å². The normalized spacial score (nSPS) is 10.0. The summed E-state index contributed by atoms with van der Waals surface area (Å²) in [5.74, 6) is -0.765. The minimum atomic E-state index is -0.651. The van der Waals surface area contributed by atoms with Crippen LogP contribution in [0.25, 0.3) is 0 Å². The molecular formula is C11H15N3O5. The maximum Gasteiger partial charge on any atom is 0.328 e. The number of amides is 1. The predicted molar refractivity (Wildman–Crippen MR) is 65.6 cm³/mol. The number of aromatic nitrogens is 2. The first-order valence-corrected chi connectivity index (χ1v) is 5.54. The first kappa shape index (κ1) is 14.7. The van der Waals surface area contributed by atoms with Crippen molar-refractivity contribution in [1.82, 2.24) is 14.5 Å². The Kier molecular flexibility index (Phi) is 5.04. The molecule has 1 amide bonds. The average Bonchev–Trinajstić information content (AvgIpc) is 2.38. The van der Waals surface area contributed by atoms with Crippen molar-refractivity contribution in [2.45, 2.75) is 13.0 Å². The molecule has 0 aliphatic rings. The first-order chi connectivity index (χ1) is 8.93. The first-order valence-electron chi connectivity index (χ1n) is 5.54. The van der Waals surface area contributed by atoms with Crippen LogP contribution < -0.4 is 11.2 Å². The van der Waals surface area contributed by atoms with Gasteiger partial charge in [0.2, 0.25) is 5.91 Å². The SMILES string of the molecule is COC(=O)CCN(C)C(=O)Cn1ccc(=O)[nH]c1=O. The standard InChI is InChI=1S/C11H15N3O5/c1-13(5-4-10(17)19-2)9(16)7-14-6-3-8(15)12-11(14)18/h3,6H,4-5,7H2,1-2H3,(H,12,15,18). The number of hydrogen-bond donors (Lipinski definition) is 1. The van der Waals surface area contributed by atoms with Gasteiger partial charge < -0.3 is 9.64 Å². The number of nitrogens with zero attached hydrogens (tertiary/aromatic N) is 2. The highest BCUT2D eigenvalue weighted by Gasteiger charge is 2.12. The summed E-state index contributed by atoms with van der Waals surface area (Å²) >= 11 is 0. The van der Waals surface area contributed by atoms with Gasteiger partial charge in [-0.15, -0.1) is 0 Å². The van der Waals surface area contributed by atoms with Gasteiger partial charge in [0.25, 0.3) is 5.56 Å². The lowest BCUT2D eigenvalue weighted by Gasteiger charge is -2.16. The Bertz CT molecular complexity index is 574. The third-order valence-electron chi connectivity index (χ3n) is 2.51. The number of hydrogen-bond acceptors (Lipinski definition) is 5. The summed E-state index contributed by atoms with van der Waals surface area (Å²) in [5, 5.41) is 0. The van der Waals surface area contributed by atoms with Crippen LogP contribution in [0.5, 0.6) is 0 Å². The summed E-state index contributed by atoms with van der Waals surface area (Å²) in [6.45, 7) is -0.00308. The molecule has 1 aromatic heterocycles. The molecule has 0 unspecified atom stereocenters. The Balaban J connectivity index is 2.61. The fourth-order valence-corrected chi connectivity index (χ4v) is 1.32. The average molecular weight is 269 g/mol. The van der Waals surface area contributed by atoms with E-state index < -0.39 is 17.2 Å². The van der Waals surface area contributed by atoms with Crippen LogP contribution in [0.4, 0.5) is 0 Å². The number of H-pyrrole nitrogens is 1. The second kappa shape index (κ2) is 6.53. The summed E-state index contributed by atoms with van der Waals surface area (Å²) in [4.78, 5) is 48.3. The molecule has 19 heavy (non-hydrogen) atoms. The van der Waals surface area contributed by atoms with E-state index >= 15 is 0 Å². The summed E-state index contributed by atoms with van der Waals surface area (Å²) in [6, 6.07) is 1.16. The Hall–Kier alpha value is -2.38. The van der Waals surface area contributed by atoms with Crippen LogP contribution >= 0.6 is 0 Å². The number of methoxy groups -OCH3 is 1. The molecule has 104 valence electrons. The maximum absolute atomic E-state index is 11.8. The van der Waals surface area contributed by atoms with Crippen molar-refractivity contribution in [3.05, 3.63) is 33.1 Å². The van der Waals surface area contributed by atoms with Gasteiger partial charge in [0.05, 0.1) is 13.5 Å². The number of rotatable bonds is 5. The quantitative estimate of drug-likeness (QED) is 0.659. The Morgan fingerprint density at radius 2 is 2.11 bits per heavy atom. The van der Waals surface area contributed by atoms with Crippen molar-refractivity contribution in [3.8, 4) is 0 Å². The summed E-state index contributed by atoms with van der Waals surface area (Å²) in [7, 11) is 2.78. The molecule has 0 aliphatic carbocycles. The van der Waals surface area contributed by atoms with Crippen LogP contribution in [-0.4, -0.2) is 47.0 Å². The van der Waals surface area contributed by atoms with Crippen LogP contribution in [0.15, 0.2) is 21.9 Å². The van der Waals surface area contributed by atoms with E-state index in [9.17, 15) is 19.2 Å². The molecule has 0 bridgehead atoms. The molecular weight excluding hydrogens is 254 g/mol. The number of aromatic amines is 1. The lowest BCUT2D eigenvalue weighted by Crippen LogP contribution is -2.37. The smallest absolute Gasteiger partial charge is 0.328 e. The third kappa shape index (κ3) is 4.41. The molecule has 0 atom stereocenters. The molecule has 0 saturated heterocycles. The number of ether oxygens (including phenoxy) is 1. The molecule has 0 aromatic carbocycles. The molecule has 0 saturated carbocycles. The Morgan fingerprint density at radius 1 is 1.42 bits per heavy atom. The minimum Gasteiger partial charge on any atom is -0.469 e. The lowest BCUT2D eigenvalue weighted by molar-refractivity contribution is -0.141. The fourth-order valence-electron chi connectivity index (χ4n) is 1.32. The van der Waals surface area contributed by atoms with Gasteiger partial charge in [0, 0.05) is 25.9 Å². The van der Waals surface area contributed by atoms with E-state index in [1.54, 1.807) is 0 Å². The molecule has 1 aromatic rings. The monoisotopic (exact) mass is 269 g/mol. The highest BCUT2D eigenvalue weighted by Crippen LogP contribution is 1.93. The van der Waals surface area contributed by atoms with E-state index in [1.165, 1.54) is 25.3 Å². The largest absolute Gasteiger partial charge is 0.469 e. The highest BCUT2D eigenvalue weighted by atomic mass is 16.5. The second-order valence-corrected chi connectivity index (χ2v) is 3.88. The van der Waals surface area contributed by atoms with Gasteiger partial charge in [-0.3, -0.25) is 23.9 Å². The molecule has 0 aliphatic heterocycles. The van der Waals surface area contributed by atoms with Crippen molar-refractivity contribution in [3.63, 3.8) is 0 Å². The summed E-state index contributed by atoms with van der Waals surface area (Å²) < 4.78 is 5.54. The predicted octanol–water partition coefficient (Wildman–Crippen LogP) is -1.44. The fraction of sp³-hybridized carbons (Fsp3) is 0.455. The van der Waals surface area contributed by atoms with Crippen LogP contribution in [0, 0.1) is 0 Å².